The molecule has 1 atom stereocenters. The number of carboxylic acids is 1. The number of nitrogens with zero attached hydrogens (tertiary/aromatic N) is 1. The quantitative estimate of drug-likeness (QED) is 0.590. The number of aliphatic hydroxyl groups is 1. The third-order valence-corrected chi connectivity index (χ3v) is 2.94. The second-order valence-electron chi connectivity index (χ2n) is 4.25. The van der Waals surface area contributed by atoms with E-state index in [1.54, 1.807) is 4.90 Å². The van der Waals surface area contributed by atoms with E-state index in [0.717, 1.165) is 12.8 Å². The molecule has 98 valence electrons. The van der Waals surface area contributed by atoms with E-state index < -0.39 is 5.97 Å². The van der Waals surface area contributed by atoms with E-state index in [9.17, 15) is 9.59 Å². The average Bonchev–Trinajstić information content (AvgIpc) is 2.75. The van der Waals surface area contributed by atoms with Gasteiger partial charge in [-0.05, 0) is 25.7 Å². The van der Waals surface area contributed by atoms with Crippen LogP contribution in [0.5, 0.6) is 0 Å². The monoisotopic (exact) mass is 244 g/mol. The highest BCUT2D eigenvalue weighted by atomic mass is 16.4. The van der Waals surface area contributed by atoms with Gasteiger partial charge in [-0.2, -0.15) is 0 Å². The predicted octanol–water partition coefficient (Wildman–Crippen LogP) is 0.408. The fourth-order valence-electron chi connectivity index (χ4n) is 1.99. The number of aliphatic carboxylic acids is 1. The maximum atomic E-state index is 11.7. The van der Waals surface area contributed by atoms with E-state index in [-0.39, 0.29) is 25.1 Å². The van der Waals surface area contributed by atoms with Crippen LogP contribution < -0.4 is 5.32 Å². The summed E-state index contributed by atoms with van der Waals surface area (Å²) < 4.78 is 0. The molecule has 1 fully saturated rings. The normalized spacial score (nSPS) is 19.4. The number of rotatable bonds is 6. The summed E-state index contributed by atoms with van der Waals surface area (Å²) in [6.45, 7) is 1.18. The predicted molar refractivity (Wildman–Crippen MR) is 61.7 cm³/mol. The van der Waals surface area contributed by atoms with Gasteiger partial charge < -0.3 is 20.4 Å². The third-order valence-electron chi connectivity index (χ3n) is 2.94. The number of carbonyl (C=O) groups excluding carboxylic acids is 1. The first kappa shape index (κ1) is 13.8. The summed E-state index contributed by atoms with van der Waals surface area (Å²) >= 11 is 0. The van der Waals surface area contributed by atoms with E-state index in [4.69, 9.17) is 10.2 Å². The summed E-state index contributed by atoms with van der Waals surface area (Å²) in [6, 6.07) is -0.217. The van der Waals surface area contributed by atoms with Crippen LogP contribution in [0.15, 0.2) is 0 Å². The maximum absolute atomic E-state index is 11.7. The number of aliphatic hydroxyl groups excluding tert-OH is 1. The Labute approximate surface area is 101 Å². The van der Waals surface area contributed by atoms with Gasteiger partial charge in [0.25, 0.3) is 0 Å². The standard InChI is InChI=1S/C11H20N2O4/c14-8-9-4-3-7-13(9)11(17)12-6-2-1-5-10(15)16/h9,14H,1-8H2,(H,12,17)(H,15,16). The zero-order chi connectivity index (χ0) is 12.7. The van der Waals surface area contributed by atoms with Gasteiger partial charge in [0.15, 0.2) is 0 Å². The van der Waals surface area contributed by atoms with Gasteiger partial charge >= 0.3 is 12.0 Å². The number of amides is 2. The van der Waals surface area contributed by atoms with Crippen LogP contribution in [0.25, 0.3) is 0 Å². The van der Waals surface area contributed by atoms with Crippen molar-refractivity contribution in [3.05, 3.63) is 0 Å². The molecule has 1 heterocycles. The van der Waals surface area contributed by atoms with E-state index in [0.29, 0.717) is 25.9 Å². The number of carbonyl (C=O) groups is 2. The van der Waals surface area contributed by atoms with Crippen LogP contribution in [0.3, 0.4) is 0 Å². The first-order valence-electron chi connectivity index (χ1n) is 6.02. The molecule has 0 saturated carbocycles. The number of hydrogen-bond acceptors (Lipinski definition) is 3. The minimum atomic E-state index is -0.809. The molecule has 1 aliphatic heterocycles. The summed E-state index contributed by atoms with van der Waals surface area (Å²) in [5, 5.41) is 20.3. The van der Waals surface area contributed by atoms with Gasteiger partial charge in [-0.1, -0.05) is 0 Å². The smallest absolute Gasteiger partial charge is 0.317 e. The van der Waals surface area contributed by atoms with E-state index in [2.05, 4.69) is 5.32 Å². The van der Waals surface area contributed by atoms with E-state index in [1.807, 2.05) is 0 Å². The number of hydrogen-bond donors (Lipinski definition) is 3. The van der Waals surface area contributed by atoms with Crippen LogP contribution >= 0.6 is 0 Å². The molecule has 0 aromatic heterocycles. The summed E-state index contributed by atoms with van der Waals surface area (Å²) in [6.07, 6.45) is 3.15. The zero-order valence-electron chi connectivity index (χ0n) is 9.89. The lowest BCUT2D eigenvalue weighted by molar-refractivity contribution is -0.137. The van der Waals surface area contributed by atoms with Crippen LogP contribution in [0.4, 0.5) is 4.79 Å². The number of urea groups is 1. The fourth-order valence-corrected chi connectivity index (χ4v) is 1.99. The van der Waals surface area contributed by atoms with Crippen molar-refractivity contribution in [2.45, 2.75) is 38.1 Å². The van der Waals surface area contributed by atoms with E-state index in [1.165, 1.54) is 0 Å². The van der Waals surface area contributed by atoms with Crippen molar-refractivity contribution in [3.8, 4) is 0 Å². The van der Waals surface area contributed by atoms with Crippen LogP contribution in [-0.2, 0) is 4.79 Å². The third kappa shape index (κ3) is 4.60. The van der Waals surface area contributed by atoms with Crippen molar-refractivity contribution in [1.29, 1.82) is 0 Å². The summed E-state index contributed by atoms with van der Waals surface area (Å²) in [4.78, 5) is 23.6. The molecule has 0 radical (unpaired) electrons. The average molecular weight is 244 g/mol. The molecule has 3 N–H and O–H groups in total. The van der Waals surface area contributed by atoms with Crippen molar-refractivity contribution in [2.24, 2.45) is 0 Å². The Kier molecular flexibility index (Phi) is 5.76. The van der Waals surface area contributed by atoms with Crippen LogP contribution in [-0.4, -0.2) is 52.9 Å². The first-order valence-corrected chi connectivity index (χ1v) is 6.02. The molecule has 0 aromatic carbocycles. The summed E-state index contributed by atoms with van der Waals surface area (Å²) in [5.41, 5.74) is 0. The number of carboxylic acid groups (broad SMARTS) is 1. The number of nitrogens with one attached hydrogen (secondary N) is 1. The minimum absolute atomic E-state index is 0.00638. The molecule has 1 aliphatic rings. The fraction of sp³-hybridized carbons (Fsp3) is 0.818. The van der Waals surface area contributed by atoms with Gasteiger partial charge in [-0.3, -0.25) is 4.79 Å². The summed E-state index contributed by atoms with van der Waals surface area (Å²) in [5.74, 6) is -0.809. The second kappa shape index (κ2) is 7.11. The molecule has 0 aliphatic carbocycles. The van der Waals surface area contributed by atoms with Gasteiger partial charge in [0.2, 0.25) is 0 Å². The molecular formula is C11H20N2O4. The lowest BCUT2D eigenvalue weighted by atomic mass is 10.2. The Morgan fingerprint density at radius 2 is 2.12 bits per heavy atom. The largest absolute Gasteiger partial charge is 0.481 e. The Morgan fingerprint density at radius 1 is 1.35 bits per heavy atom. The van der Waals surface area contributed by atoms with Crippen molar-refractivity contribution >= 4 is 12.0 Å². The maximum Gasteiger partial charge on any atom is 0.317 e. The Morgan fingerprint density at radius 3 is 2.76 bits per heavy atom. The van der Waals surface area contributed by atoms with Crippen LogP contribution in [0.2, 0.25) is 0 Å². The van der Waals surface area contributed by atoms with Gasteiger partial charge in [0.05, 0.1) is 12.6 Å². The van der Waals surface area contributed by atoms with Crippen molar-refractivity contribution in [1.82, 2.24) is 10.2 Å². The Hall–Kier alpha value is -1.30. The van der Waals surface area contributed by atoms with Crippen molar-refractivity contribution in [3.63, 3.8) is 0 Å². The highest BCUT2D eigenvalue weighted by Gasteiger charge is 2.27. The van der Waals surface area contributed by atoms with Crippen molar-refractivity contribution in [2.75, 3.05) is 19.7 Å². The highest BCUT2D eigenvalue weighted by Crippen LogP contribution is 2.16. The molecule has 17 heavy (non-hydrogen) atoms. The van der Waals surface area contributed by atoms with E-state index >= 15 is 0 Å². The number of unbranched alkanes of at least 4 members (excludes halogenated alkanes) is 1. The Bertz CT molecular complexity index is 270. The molecule has 0 aromatic rings. The van der Waals surface area contributed by atoms with Gasteiger partial charge in [-0.25, -0.2) is 4.79 Å². The topological polar surface area (TPSA) is 89.9 Å². The molecule has 0 spiro atoms. The van der Waals surface area contributed by atoms with Gasteiger partial charge in [-0.15, -0.1) is 0 Å². The zero-order valence-corrected chi connectivity index (χ0v) is 9.89. The molecule has 1 rings (SSSR count). The molecular weight excluding hydrogens is 224 g/mol. The molecule has 1 saturated heterocycles. The molecule has 1 unspecified atom stereocenters. The lowest BCUT2D eigenvalue weighted by Crippen LogP contribution is -2.44. The number of likely N-dealkylation sites (tertiary alicyclic amines) is 1. The van der Waals surface area contributed by atoms with Crippen LogP contribution in [0, 0.1) is 0 Å². The summed E-state index contributed by atoms with van der Waals surface area (Å²) in [7, 11) is 0. The molecule has 6 heteroatoms. The minimum Gasteiger partial charge on any atom is -0.481 e. The van der Waals surface area contributed by atoms with Crippen molar-refractivity contribution < 1.29 is 19.8 Å². The molecule has 6 nitrogen and oxygen atoms in total. The first-order chi connectivity index (χ1) is 8.15. The Balaban J connectivity index is 2.14. The highest BCUT2D eigenvalue weighted by molar-refractivity contribution is 5.74. The lowest BCUT2D eigenvalue weighted by Gasteiger charge is -2.23. The molecule has 0 bridgehead atoms. The second-order valence-corrected chi connectivity index (χ2v) is 4.25. The van der Waals surface area contributed by atoms with Gasteiger partial charge in [0, 0.05) is 19.5 Å². The van der Waals surface area contributed by atoms with Gasteiger partial charge in [0.1, 0.15) is 0 Å². The van der Waals surface area contributed by atoms with Crippen LogP contribution in [0.1, 0.15) is 32.1 Å². The molecule has 2 amide bonds. The SMILES string of the molecule is O=C(O)CCCCNC(=O)N1CCCC1CO.